The van der Waals surface area contributed by atoms with Crippen LogP contribution in [-0.4, -0.2) is 43.4 Å². The molecule has 0 radical (unpaired) electrons. The van der Waals surface area contributed by atoms with Gasteiger partial charge in [0, 0.05) is 31.4 Å². The Labute approximate surface area is 152 Å². The van der Waals surface area contributed by atoms with Crippen molar-refractivity contribution in [3.8, 4) is 0 Å². The fourth-order valence-corrected chi connectivity index (χ4v) is 2.06. The van der Waals surface area contributed by atoms with Crippen molar-refractivity contribution in [3.63, 3.8) is 0 Å². The number of carbonyl (C=O) groups is 3. The van der Waals surface area contributed by atoms with Gasteiger partial charge in [0.25, 0.3) is 11.8 Å². The molecule has 0 atom stereocenters. The van der Waals surface area contributed by atoms with E-state index in [4.69, 9.17) is 4.74 Å². The number of hydrogen-bond donors (Lipinski definition) is 1. The maximum atomic E-state index is 11.8. The normalized spacial score (nSPS) is 10.4. The average Bonchev–Trinajstić information content (AvgIpc) is 2.65. The second-order valence-corrected chi connectivity index (χ2v) is 5.68. The van der Waals surface area contributed by atoms with Crippen molar-refractivity contribution in [1.29, 1.82) is 0 Å². The van der Waals surface area contributed by atoms with Gasteiger partial charge in [0.1, 0.15) is 0 Å². The number of benzene rings is 2. The predicted octanol–water partition coefficient (Wildman–Crippen LogP) is 2.58. The first-order valence-corrected chi connectivity index (χ1v) is 7.97. The molecule has 0 saturated carbocycles. The van der Waals surface area contributed by atoms with E-state index < -0.39 is 18.5 Å². The molecule has 0 aliphatic rings. The van der Waals surface area contributed by atoms with E-state index in [9.17, 15) is 14.4 Å². The maximum absolute atomic E-state index is 11.8. The third kappa shape index (κ3) is 5.90. The van der Waals surface area contributed by atoms with Crippen molar-refractivity contribution < 1.29 is 19.1 Å². The predicted molar refractivity (Wildman–Crippen MR) is 99.5 cm³/mol. The lowest BCUT2D eigenvalue weighted by Gasteiger charge is -2.11. The zero-order chi connectivity index (χ0) is 18.9. The summed E-state index contributed by atoms with van der Waals surface area (Å²) in [5.41, 5.74) is 1.90. The zero-order valence-electron chi connectivity index (χ0n) is 14.6. The Kier molecular flexibility index (Phi) is 6.68. The van der Waals surface area contributed by atoms with Crippen molar-refractivity contribution in [3.05, 3.63) is 71.8 Å². The molecule has 0 unspecified atom stereocenters. The average molecular weight is 352 g/mol. The first-order chi connectivity index (χ1) is 12.5. The van der Waals surface area contributed by atoms with E-state index in [2.05, 4.69) is 5.32 Å². The number of anilines is 1. The molecule has 0 fully saturated rings. The maximum Gasteiger partial charge on any atom is 0.331 e. The number of hydrogen-bond acceptors (Lipinski definition) is 4. The van der Waals surface area contributed by atoms with Gasteiger partial charge in [-0.2, -0.15) is 0 Å². The van der Waals surface area contributed by atoms with Crippen molar-refractivity contribution in [2.75, 3.05) is 26.0 Å². The van der Waals surface area contributed by atoms with Gasteiger partial charge in [-0.25, -0.2) is 4.79 Å². The van der Waals surface area contributed by atoms with Crippen LogP contribution < -0.4 is 5.32 Å². The summed E-state index contributed by atoms with van der Waals surface area (Å²) >= 11 is 0. The highest BCUT2D eigenvalue weighted by molar-refractivity contribution is 5.96. The van der Waals surface area contributed by atoms with Gasteiger partial charge in [-0.3, -0.25) is 9.59 Å². The molecule has 0 aliphatic carbocycles. The molecule has 2 amide bonds. The van der Waals surface area contributed by atoms with Crippen LogP contribution in [0.25, 0.3) is 6.08 Å². The van der Waals surface area contributed by atoms with Gasteiger partial charge >= 0.3 is 5.97 Å². The van der Waals surface area contributed by atoms with Crippen LogP contribution in [0.15, 0.2) is 60.7 Å². The van der Waals surface area contributed by atoms with Crippen LogP contribution in [0.4, 0.5) is 5.69 Å². The molecule has 6 heteroatoms. The van der Waals surface area contributed by atoms with Gasteiger partial charge < -0.3 is 15.0 Å². The van der Waals surface area contributed by atoms with Crippen LogP contribution in [-0.2, 0) is 14.3 Å². The first kappa shape index (κ1) is 18.9. The fraction of sp³-hybridized carbons (Fsp3) is 0.150. The van der Waals surface area contributed by atoms with E-state index in [1.54, 1.807) is 44.4 Å². The molecule has 0 spiro atoms. The van der Waals surface area contributed by atoms with E-state index in [0.717, 1.165) is 5.56 Å². The number of esters is 1. The van der Waals surface area contributed by atoms with Gasteiger partial charge in [-0.05, 0) is 35.9 Å². The molecule has 2 rings (SSSR count). The van der Waals surface area contributed by atoms with E-state index in [1.807, 2.05) is 30.3 Å². The molecule has 0 aromatic heterocycles. The Balaban J connectivity index is 1.80. The Morgan fingerprint density at radius 2 is 1.65 bits per heavy atom. The summed E-state index contributed by atoms with van der Waals surface area (Å²) in [6.45, 7) is -0.393. The van der Waals surface area contributed by atoms with Crippen molar-refractivity contribution in [2.45, 2.75) is 0 Å². The smallest absolute Gasteiger partial charge is 0.331 e. The Hall–Kier alpha value is -3.41. The minimum atomic E-state index is -0.601. The molecule has 0 aliphatic heterocycles. The summed E-state index contributed by atoms with van der Waals surface area (Å²) < 4.78 is 4.89. The summed E-state index contributed by atoms with van der Waals surface area (Å²) in [4.78, 5) is 36.7. The first-order valence-electron chi connectivity index (χ1n) is 7.97. The van der Waals surface area contributed by atoms with Gasteiger partial charge in [-0.1, -0.05) is 30.3 Å². The fourth-order valence-electron chi connectivity index (χ4n) is 2.06. The number of carbonyl (C=O) groups excluding carboxylic acids is 3. The number of amides is 2. The highest BCUT2D eigenvalue weighted by Gasteiger charge is 2.09. The number of rotatable bonds is 6. The SMILES string of the molecule is CN(C)C(=O)c1ccc(NC(=O)COC(=O)/C=C/c2ccccc2)cc1. The van der Waals surface area contributed by atoms with Crippen LogP contribution in [0.3, 0.4) is 0 Å². The topological polar surface area (TPSA) is 75.7 Å². The molecule has 0 heterocycles. The van der Waals surface area contributed by atoms with E-state index in [1.165, 1.54) is 11.0 Å². The third-order valence-electron chi connectivity index (χ3n) is 3.38. The lowest BCUT2D eigenvalue weighted by Crippen LogP contribution is -2.22. The quantitative estimate of drug-likeness (QED) is 0.640. The summed E-state index contributed by atoms with van der Waals surface area (Å²) in [7, 11) is 3.33. The molecule has 6 nitrogen and oxygen atoms in total. The summed E-state index contributed by atoms with van der Waals surface area (Å²) in [5, 5.41) is 2.60. The van der Waals surface area contributed by atoms with Crippen LogP contribution in [0.1, 0.15) is 15.9 Å². The molecule has 2 aromatic carbocycles. The Morgan fingerprint density at radius 3 is 2.27 bits per heavy atom. The lowest BCUT2D eigenvalue weighted by molar-refractivity contribution is -0.142. The van der Waals surface area contributed by atoms with Crippen molar-refractivity contribution in [1.82, 2.24) is 4.90 Å². The second kappa shape index (κ2) is 9.17. The Morgan fingerprint density at radius 1 is 1.00 bits per heavy atom. The highest BCUT2D eigenvalue weighted by Crippen LogP contribution is 2.11. The van der Waals surface area contributed by atoms with Crippen LogP contribution >= 0.6 is 0 Å². The van der Waals surface area contributed by atoms with Gasteiger partial charge in [0.15, 0.2) is 6.61 Å². The zero-order valence-corrected chi connectivity index (χ0v) is 14.6. The van der Waals surface area contributed by atoms with Crippen molar-refractivity contribution in [2.24, 2.45) is 0 Å². The van der Waals surface area contributed by atoms with Crippen LogP contribution in [0.5, 0.6) is 0 Å². The standard InChI is InChI=1S/C20H20N2O4/c1-22(2)20(25)16-9-11-17(12-10-16)21-18(23)14-26-19(24)13-8-15-6-4-3-5-7-15/h3-13H,14H2,1-2H3,(H,21,23)/b13-8+. The molecular weight excluding hydrogens is 332 g/mol. The number of nitrogens with zero attached hydrogens (tertiary/aromatic N) is 1. The molecule has 0 bridgehead atoms. The number of nitrogens with one attached hydrogen (secondary N) is 1. The molecule has 134 valence electrons. The number of ether oxygens (including phenoxy) is 1. The summed E-state index contributed by atoms with van der Waals surface area (Å²) in [6.07, 6.45) is 2.88. The van der Waals surface area contributed by atoms with E-state index >= 15 is 0 Å². The monoisotopic (exact) mass is 352 g/mol. The summed E-state index contributed by atoms with van der Waals surface area (Å²) in [5.74, 6) is -1.18. The molecule has 0 saturated heterocycles. The van der Waals surface area contributed by atoms with Crippen molar-refractivity contribution >= 4 is 29.5 Å². The molecule has 2 aromatic rings. The second-order valence-electron chi connectivity index (χ2n) is 5.68. The largest absolute Gasteiger partial charge is 0.452 e. The Bertz CT molecular complexity index is 796. The van der Waals surface area contributed by atoms with E-state index in [0.29, 0.717) is 11.3 Å². The lowest BCUT2D eigenvalue weighted by atomic mass is 10.2. The highest BCUT2D eigenvalue weighted by atomic mass is 16.5. The van der Waals surface area contributed by atoms with E-state index in [-0.39, 0.29) is 5.91 Å². The third-order valence-corrected chi connectivity index (χ3v) is 3.38. The van der Waals surface area contributed by atoms with Gasteiger partial charge in [0.2, 0.25) is 0 Å². The van der Waals surface area contributed by atoms with Gasteiger partial charge in [0.05, 0.1) is 0 Å². The minimum Gasteiger partial charge on any atom is -0.452 e. The minimum absolute atomic E-state index is 0.123. The van der Waals surface area contributed by atoms with Crippen LogP contribution in [0.2, 0.25) is 0 Å². The van der Waals surface area contributed by atoms with Crippen LogP contribution in [0, 0.1) is 0 Å². The summed E-state index contributed by atoms with van der Waals surface area (Å²) in [6, 6.07) is 15.8. The molecular formula is C20H20N2O4. The molecule has 1 N–H and O–H groups in total. The van der Waals surface area contributed by atoms with Gasteiger partial charge in [-0.15, -0.1) is 0 Å². The molecule has 26 heavy (non-hydrogen) atoms.